The number of hydrogen-bond acceptors (Lipinski definition) is 4. The molecule has 1 aromatic carbocycles. The highest BCUT2D eigenvalue weighted by atomic mass is 16.5. The van der Waals surface area contributed by atoms with Crippen LogP contribution in [0.3, 0.4) is 0 Å². The van der Waals surface area contributed by atoms with Gasteiger partial charge in [0.05, 0.1) is 12.2 Å². The summed E-state index contributed by atoms with van der Waals surface area (Å²) in [6.07, 6.45) is 11.3. The van der Waals surface area contributed by atoms with Gasteiger partial charge in [-0.3, -0.25) is 0 Å². The number of unbranched alkanes of at least 4 members (excludes halogenated alkanes) is 3. The van der Waals surface area contributed by atoms with Crippen LogP contribution >= 0.6 is 0 Å². The molecule has 0 amide bonds. The lowest BCUT2D eigenvalue weighted by molar-refractivity contribution is 0.135. The Morgan fingerprint density at radius 3 is 2.69 bits per heavy atom. The number of hydrogen-bond donors (Lipinski definition) is 2. The average molecular weight is 444 g/mol. The number of aliphatic hydroxyl groups excluding tert-OH is 2. The first-order valence-electron chi connectivity index (χ1n) is 12.8. The minimum atomic E-state index is -0.424. The van der Waals surface area contributed by atoms with E-state index in [1.54, 1.807) is 0 Å². The molecule has 0 radical (unpaired) electrons. The fraction of sp³-hybridized carbons (Fsp3) is 0.714. The first kappa shape index (κ1) is 25.3. The Kier molecular flexibility index (Phi) is 8.82. The van der Waals surface area contributed by atoms with E-state index in [4.69, 9.17) is 4.74 Å². The van der Waals surface area contributed by atoms with Crippen LogP contribution in [0.1, 0.15) is 89.7 Å². The molecule has 1 aromatic rings. The molecule has 1 aliphatic heterocycles. The fourth-order valence-electron chi connectivity index (χ4n) is 5.12. The van der Waals surface area contributed by atoms with E-state index in [2.05, 4.69) is 63.9 Å². The van der Waals surface area contributed by atoms with E-state index in [1.807, 2.05) is 6.08 Å². The molecule has 5 atom stereocenters. The molecule has 32 heavy (non-hydrogen) atoms. The van der Waals surface area contributed by atoms with Crippen LogP contribution in [0.5, 0.6) is 5.75 Å². The number of aliphatic hydroxyl groups is 2. The van der Waals surface area contributed by atoms with Crippen molar-refractivity contribution in [3.05, 3.63) is 41.5 Å². The molecule has 180 valence electrons. The van der Waals surface area contributed by atoms with Crippen molar-refractivity contribution in [3.63, 3.8) is 0 Å². The molecule has 4 heteroatoms. The first-order valence-corrected chi connectivity index (χ1v) is 12.8. The zero-order valence-corrected chi connectivity index (χ0v) is 20.9. The zero-order chi connectivity index (χ0) is 23.3. The van der Waals surface area contributed by atoms with Gasteiger partial charge in [-0.1, -0.05) is 56.5 Å². The third kappa shape index (κ3) is 6.15. The summed E-state index contributed by atoms with van der Waals surface area (Å²) in [6.45, 7) is 10.0. The third-order valence-electron chi connectivity index (χ3n) is 7.48. The van der Waals surface area contributed by atoms with Crippen LogP contribution in [0.25, 0.3) is 0 Å². The Hall–Kier alpha value is -1.36. The summed E-state index contributed by atoms with van der Waals surface area (Å²) < 4.78 is 6.41. The van der Waals surface area contributed by atoms with Gasteiger partial charge in [0, 0.05) is 29.4 Å². The predicted octanol–water partition coefficient (Wildman–Crippen LogP) is 5.46. The average Bonchev–Trinajstić information content (AvgIpc) is 3.24. The lowest BCUT2D eigenvalue weighted by atomic mass is 9.86. The summed E-state index contributed by atoms with van der Waals surface area (Å²) in [5.74, 6) is 1.25. The van der Waals surface area contributed by atoms with Gasteiger partial charge >= 0.3 is 0 Å². The van der Waals surface area contributed by atoms with Crippen LogP contribution in [0.2, 0.25) is 0 Å². The van der Waals surface area contributed by atoms with Crippen LogP contribution in [-0.2, 0) is 6.42 Å². The predicted molar refractivity (Wildman–Crippen MR) is 132 cm³/mol. The fourth-order valence-corrected chi connectivity index (χ4v) is 5.12. The molecule has 0 aromatic heterocycles. The lowest BCUT2D eigenvalue weighted by Gasteiger charge is -2.31. The van der Waals surface area contributed by atoms with Gasteiger partial charge in [0.15, 0.2) is 0 Å². The number of rotatable bonds is 11. The highest BCUT2D eigenvalue weighted by molar-refractivity contribution is 5.49. The van der Waals surface area contributed by atoms with Crippen molar-refractivity contribution in [2.45, 2.75) is 109 Å². The van der Waals surface area contributed by atoms with Crippen molar-refractivity contribution in [2.24, 2.45) is 5.92 Å². The van der Waals surface area contributed by atoms with E-state index in [0.29, 0.717) is 6.42 Å². The molecule has 1 saturated carbocycles. The Bertz CT molecular complexity index is 754. The van der Waals surface area contributed by atoms with Crippen LogP contribution in [0, 0.1) is 5.92 Å². The maximum atomic E-state index is 10.7. The molecule has 1 aliphatic carbocycles. The van der Waals surface area contributed by atoms with Crippen LogP contribution in [-0.4, -0.2) is 52.6 Å². The molecule has 2 N–H and O–H groups in total. The SMILES string of the molecule is CCCCC[C@H](O)C=C[C@@H]1[C@H]2c3cccc(CCCCN(C)C(C)(C)C)c3O[C@H]2C[C@H]1O. The largest absolute Gasteiger partial charge is 0.489 e. The van der Waals surface area contributed by atoms with Crippen molar-refractivity contribution in [2.75, 3.05) is 13.6 Å². The molecule has 3 rings (SSSR count). The second-order valence-electron chi connectivity index (χ2n) is 10.9. The molecular formula is C28H45NO3. The number of benzene rings is 1. The van der Waals surface area contributed by atoms with E-state index < -0.39 is 12.2 Å². The highest BCUT2D eigenvalue weighted by Crippen LogP contribution is 2.52. The molecule has 1 heterocycles. The van der Waals surface area contributed by atoms with E-state index >= 15 is 0 Å². The Morgan fingerprint density at radius 2 is 1.97 bits per heavy atom. The number of ether oxygens (including phenoxy) is 1. The maximum absolute atomic E-state index is 10.7. The van der Waals surface area contributed by atoms with E-state index in [1.165, 1.54) is 17.5 Å². The Balaban J connectivity index is 1.62. The van der Waals surface area contributed by atoms with Crippen molar-refractivity contribution < 1.29 is 14.9 Å². The first-order chi connectivity index (χ1) is 15.2. The second-order valence-corrected chi connectivity index (χ2v) is 10.9. The molecule has 0 unspecified atom stereocenters. The number of nitrogens with zero attached hydrogens (tertiary/aromatic N) is 1. The molecular weight excluding hydrogens is 398 g/mol. The van der Waals surface area contributed by atoms with Crippen LogP contribution in [0.15, 0.2) is 30.4 Å². The molecule has 1 fully saturated rings. The molecule has 2 aliphatic rings. The third-order valence-corrected chi connectivity index (χ3v) is 7.48. The minimum absolute atomic E-state index is 0.0118. The summed E-state index contributed by atoms with van der Waals surface area (Å²) in [5, 5.41) is 21.0. The van der Waals surface area contributed by atoms with E-state index in [0.717, 1.165) is 50.8 Å². The van der Waals surface area contributed by atoms with Gasteiger partial charge in [0.2, 0.25) is 0 Å². The quantitative estimate of drug-likeness (QED) is 0.352. The summed E-state index contributed by atoms with van der Waals surface area (Å²) in [6, 6.07) is 6.52. The standard InChI is InChI=1S/C28H45NO3/c1-6-7-8-14-21(30)16-17-22-24(31)19-25-26(22)23-15-11-13-20(27(23)32-25)12-9-10-18-29(5)28(2,3)4/h11,13,15-17,21-22,24-26,30-31H,6-10,12,14,18-19H2,1-5H3/t21-,22-,24+,25-,26-/m0/s1. The molecule has 0 saturated heterocycles. The van der Waals surface area contributed by atoms with Crippen molar-refractivity contribution in [3.8, 4) is 5.75 Å². The van der Waals surface area contributed by atoms with Gasteiger partial charge in [0.25, 0.3) is 0 Å². The van der Waals surface area contributed by atoms with Gasteiger partial charge in [-0.05, 0) is 65.6 Å². The topological polar surface area (TPSA) is 52.9 Å². The molecule has 4 nitrogen and oxygen atoms in total. The summed E-state index contributed by atoms with van der Waals surface area (Å²) >= 11 is 0. The maximum Gasteiger partial charge on any atom is 0.126 e. The van der Waals surface area contributed by atoms with Crippen LogP contribution < -0.4 is 4.74 Å². The van der Waals surface area contributed by atoms with Crippen molar-refractivity contribution >= 4 is 0 Å². The van der Waals surface area contributed by atoms with Gasteiger partial charge in [-0.2, -0.15) is 0 Å². The smallest absolute Gasteiger partial charge is 0.126 e. The van der Waals surface area contributed by atoms with Crippen LogP contribution in [0.4, 0.5) is 0 Å². The second kappa shape index (κ2) is 11.2. The molecule has 0 spiro atoms. The van der Waals surface area contributed by atoms with Gasteiger partial charge < -0.3 is 19.8 Å². The van der Waals surface area contributed by atoms with Crippen molar-refractivity contribution in [1.82, 2.24) is 4.90 Å². The van der Waals surface area contributed by atoms with E-state index in [9.17, 15) is 10.2 Å². The lowest BCUT2D eigenvalue weighted by Crippen LogP contribution is -2.38. The highest BCUT2D eigenvalue weighted by Gasteiger charge is 2.48. The van der Waals surface area contributed by atoms with Gasteiger partial charge in [-0.25, -0.2) is 0 Å². The normalized spacial score (nSPS) is 25.9. The number of aryl methyl sites for hydroxylation is 1. The molecule has 0 bridgehead atoms. The minimum Gasteiger partial charge on any atom is -0.489 e. The monoisotopic (exact) mass is 443 g/mol. The Labute approximate surface area is 195 Å². The zero-order valence-electron chi connectivity index (χ0n) is 20.9. The van der Waals surface area contributed by atoms with E-state index in [-0.39, 0.29) is 23.5 Å². The summed E-state index contributed by atoms with van der Waals surface area (Å²) in [7, 11) is 2.20. The number of para-hydroxylation sites is 1. The van der Waals surface area contributed by atoms with Gasteiger partial charge in [0.1, 0.15) is 11.9 Å². The summed E-state index contributed by atoms with van der Waals surface area (Å²) in [5.41, 5.74) is 2.75. The number of fused-ring (bicyclic) bond motifs is 3. The summed E-state index contributed by atoms with van der Waals surface area (Å²) in [4.78, 5) is 2.41. The van der Waals surface area contributed by atoms with Crippen molar-refractivity contribution in [1.29, 1.82) is 0 Å². The Morgan fingerprint density at radius 1 is 1.19 bits per heavy atom. The van der Waals surface area contributed by atoms with Gasteiger partial charge in [-0.15, -0.1) is 0 Å².